The monoisotopic (exact) mass is 263 g/mol. The zero-order valence-corrected chi connectivity index (χ0v) is 12.3. The van der Waals surface area contributed by atoms with E-state index in [0.29, 0.717) is 6.04 Å². The van der Waals surface area contributed by atoms with Crippen molar-refractivity contribution in [3.63, 3.8) is 0 Å². The molecule has 1 N–H and O–H groups in total. The molecule has 0 saturated heterocycles. The fourth-order valence-corrected chi connectivity index (χ4v) is 3.27. The number of aromatic nitrogens is 2. The van der Waals surface area contributed by atoms with Crippen LogP contribution in [-0.4, -0.2) is 16.6 Å². The van der Waals surface area contributed by atoms with Gasteiger partial charge in [-0.25, -0.2) is 4.98 Å². The molecule has 0 radical (unpaired) electrons. The van der Waals surface area contributed by atoms with E-state index < -0.39 is 0 Å². The zero-order chi connectivity index (χ0) is 13.1. The Bertz CT molecular complexity index is 493. The van der Waals surface area contributed by atoms with Gasteiger partial charge in [-0.05, 0) is 39.4 Å². The van der Waals surface area contributed by atoms with Crippen LogP contribution in [0.15, 0.2) is 18.5 Å². The van der Waals surface area contributed by atoms with Gasteiger partial charge < -0.3 is 9.88 Å². The predicted molar refractivity (Wildman–Crippen MR) is 77.2 cm³/mol. The molecular formula is C14H21N3S. The molecule has 0 aliphatic heterocycles. The molecule has 0 aromatic carbocycles. The summed E-state index contributed by atoms with van der Waals surface area (Å²) in [5.41, 5.74) is 1.38. The Balaban J connectivity index is 2.19. The van der Waals surface area contributed by atoms with Gasteiger partial charge >= 0.3 is 0 Å². The van der Waals surface area contributed by atoms with E-state index in [4.69, 9.17) is 0 Å². The van der Waals surface area contributed by atoms with Gasteiger partial charge in [0.25, 0.3) is 0 Å². The number of hydrogen-bond donors (Lipinski definition) is 1. The molecule has 1 unspecified atom stereocenters. The number of hydrogen-bond acceptors (Lipinski definition) is 3. The Morgan fingerprint density at radius 1 is 1.44 bits per heavy atom. The minimum Gasteiger partial charge on any atom is -0.335 e. The van der Waals surface area contributed by atoms with Crippen molar-refractivity contribution >= 4 is 11.3 Å². The summed E-state index contributed by atoms with van der Waals surface area (Å²) >= 11 is 1.88. The second kappa shape index (κ2) is 5.67. The second-order valence-corrected chi connectivity index (χ2v) is 5.85. The maximum absolute atomic E-state index is 4.46. The lowest BCUT2D eigenvalue weighted by molar-refractivity contribution is 0.560. The molecule has 0 amide bonds. The summed E-state index contributed by atoms with van der Waals surface area (Å²) in [4.78, 5) is 7.26. The summed E-state index contributed by atoms with van der Waals surface area (Å²) in [5.74, 6) is 1.15. The van der Waals surface area contributed by atoms with Gasteiger partial charge in [0, 0.05) is 41.2 Å². The summed E-state index contributed by atoms with van der Waals surface area (Å²) in [6.45, 7) is 7.49. The largest absolute Gasteiger partial charge is 0.335 e. The van der Waals surface area contributed by atoms with Gasteiger partial charge in [-0.2, -0.15) is 0 Å². The first kappa shape index (κ1) is 13.3. The molecule has 0 fully saturated rings. The molecule has 0 spiro atoms. The lowest BCUT2D eigenvalue weighted by Crippen LogP contribution is -2.19. The summed E-state index contributed by atoms with van der Waals surface area (Å²) in [5, 5.41) is 3.41. The number of rotatable bonds is 5. The quantitative estimate of drug-likeness (QED) is 0.898. The van der Waals surface area contributed by atoms with Gasteiger partial charge in [0.05, 0.1) is 0 Å². The van der Waals surface area contributed by atoms with E-state index in [-0.39, 0.29) is 0 Å². The maximum atomic E-state index is 4.46. The predicted octanol–water partition coefficient (Wildman–Crippen LogP) is 3.08. The molecule has 2 heterocycles. The molecule has 98 valence electrons. The van der Waals surface area contributed by atoms with Gasteiger partial charge in [-0.15, -0.1) is 11.3 Å². The molecular weight excluding hydrogens is 242 g/mol. The first-order valence-electron chi connectivity index (χ1n) is 6.40. The SMILES string of the molecule is CCn1ccnc1CC(NC)c1cc(C)c(C)s1. The Morgan fingerprint density at radius 2 is 2.22 bits per heavy atom. The fourth-order valence-electron chi connectivity index (χ4n) is 2.12. The molecule has 4 heteroatoms. The van der Waals surface area contributed by atoms with Crippen LogP contribution in [0.25, 0.3) is 0 Å². The normalized spacial score (nSPS) is 12.9. The van der Waals surface area contributed by atoms with Crippen LogP contribution in [0.2, 0.25) is 0 Å². The van der Waals surface area contributed by atoms with Gasteiger partial charge in [0.15, 0.2) is 0 Å². The van der Waals surface area contributed by atoms with Crippen LogP contribution in [0.3, 0.4) is 0 Å². The Kier molecular flexibility index (Phi) is 4.19. The van der Waals surface area contributed by atoms with Gasteiger partial charge in [-0.1, -0.05) is 0 Å². The van der Waals surface area contributed by atoms with E-state index in [1.807, 2.05) is 30.8 Å². The third-order valence-corrected chi connectivity index (χ3v) is 4.67. The lowest BCUT2D eigenvalue weighted by atomic mass is 10.1. The third kappa shape index (κ3) is 2.65. The molecule has 3 nitrogen and oxygen atoms in total. The molecule has 0 aliphatic rings. The molecule has 2 aromatic rings. The summed E-state index contributed by atoms with van der Waals surface area (Å²) < 4.78 is 2.21. The highest BCUT2D eigenvalue weighted by Crippen LogP contribution is 2.28. The van der Waals surface area contributed by atoms with Crippen molar-refractivity contribution in [2.75, 3.05) is 7.05 Å². The average Bonchev–Trinajstić information content (AvgIpc) is 2.93. The van der Waals surface area contributed by atoms with Gasteiger partial charge in [0.2, 0.25) is 0 Å². The van der Waals surface area contributed by atoms with Crippen molar-refractivity contribution in [2.45, 2.75) is 39.8 Å². The minimum absolute atomic E-state index is 0.357. The van der Waals surface area contributed by atoms with Crippen LogP contribution in [-0.2, 0) is 13.0 Å². The van der Waals surface area contributed by atoms with Gasteiger partial charge in [0.1, 0.15) is 5.82 Å². The maximum Gasteiger partial charge on any atom is 0.110 e. The second-order valence-electron chi connectivity index (χ2n) is 4.56. The summed E-state index contributed by atoms with van der Waals surface area (Å²) in [7, 11) is 2.02. The standard InChI is InChI=1S/C14H21N3S/c1-5-17-7-6-16-14(17)9-12(15-4)13-8-10(2)11(3)18-13/h6-8,12,15H,5,9H2,1-4H3. The number of nitrogens with one attached hydrogen (secondary N) is 1. The fraction of sp³-hybridized carbons (Fsp3) is 0.500. The molecule has 18 heavy (non-hydrogen) atoms. The molecule has 0 saturated carbocycles. The van der Waals surface area contributed by atoms with Crippen molar-refractivity contribution < 1.29 is 0 Å². The number of imidazole rings is 1. The first-order chi connectivity index (χ1) is 8.65. The topological polar surface area (TPSA) is 29.9 Å². The van der Waals surface area contributed by atoms with Crippen LogP contribution in [0.4, 0.5) is 0 Å². The number of nitrogens with zero attached hydrogens (tertiary/aromatic N) is 2. The first-order valence-corrected chi connectivity index (χ1v) is 7.21. The van der Waals surface area contributed by atoms with Crippen LogP contribution >= 0.6 is 11.3 Å². The van der Waals surface area contributed by atoms with Crippen molar-refractivity contribution in [1.29, 1.82) is 0 Å². The molecule has 2 rings (SSSR count). The Morgan fingerprint density at radius 3 is 2.78 bits per heavy atom. The zero-order valence-electron chi connectivity index (χ0n) is 11.5. The summed E-state index contributed by atoms with van der Waals surface area (Å²) in [6.07, 6.45) is 4.88. The van der Waals surface area contributed by atoms with E-state index in [1.165, 1.54) is 15.3 Å². The van der Waals surface area contributed by atoms with Crippen molar-refractivity contribution in [3.05, 3.63) is 39.6 Å². The van der Waals surface area contributed by atoms with Gasteiger partial charge in [-0.3, -0.25) is 0 Å². The number of aryl methyl sites for hydroxylation is 3. The van der Waals surface area contributed by atoms with E-state index in [1.54, 1.807) is 0 Å². The highest BCUT2D eigenvalue weighted by atomic mass is 32.1. The summed E-state index contributed by atoms with van der Waals surface area (Å²) in [6, 6.07) is 2.65. The Hall–Kier alpha value is -1.13. The number of likely N-dealkylation sites (N-methyl/N-ethyl adjacent to an activating group) is 1. The lowest BCUT2D eigenvalue weighted by Gasteiger charge is -2.15. The molecule has 1 atom stereocenters. The van der Waals surface area contributed by atoms with Crippen LogP contribution in [0.5, 0.6) is 0 Å². The number of thiophene rings is 1. The molecule has 0 bridgehead atoms. The molecule has 2 aromatic heterocycles. The van der Waals surface area contributed by atoms with Crippen molar-refractivity contribution in [3.8, 4) is 0 Å². The third-order valence-electron chi connectivity index (χ3n) is 3.41. The highest BCUT2D eigenvalue weighted by Gasteiger charge is 2.16. The van der Waals surface area contributed by atoms with Crippen molar-refractivity contribution in [1.82, 2.24) is 14.9 Å². The molecule has 0 aliphatic carbocycles. The van der Waals surface area contributed by atoms with Crippen LogP contribution in [0.1, 0.15) is 34.1 Å². The van der Waals surface area contributed by atoms with Crippen LogP contribution < -0.4 is 5.32 Å². The smallest absolute Gasteiger partial charge is 0.110 e. The van der Waals surface area contributed by atoms with E-state index in [0.717, 1.165) is 18.8 Å². The van der Waals surface area contributed by atoms with E-state index in [9.17, 15) is 0 Å². The van der Waals surface area contributed by atoms with Crippen LogP contribution in [0, 0.1) is 13.8 Å². The average molecular weight is 263 g/mol. The Labute approximate surface area is 113 Å². The van der Waals surface area contributed by atoms with E-state index in [2.05, 4.69) is 41.7 Å². The van der Waals surface area contributed by atoms with E-state index >= 15 is 0 Å². The van der Waals surface area contributed by atoms with Crippen molar-refractivity contribution in [2.24, 2.45) is 0 Å². The minimum atomic E-state index is 0.357. The highest BCUT2D eigenvalue weighted by molar-refractivity contribution is 7.12.